The third-order valence-electron chi connectivity index (χ3n) is 4.01. The van der Waals surface area contributed by atoms with Crippen molar-refractivity contribution in [1.29, 1.82) is 0 Å². The minimum atomic E-state index is -0.133. The largest absolute Gasteiger partial charge is 0.368 e. The van der Waals surface area contributed by atoms with Crippen molar-refractivity contribution in [3.8, 4) is 0 Å². The molecule has 3 rings (SSSR count). The topological polar surface area (TPSA) is 41.6 Å². The molecule has 4 heteroatoms. The molecule has 0 radical (unpaired) electrons. The van der Waals surface area contributed by atoms with Crippen molar-refractivity contribution in [2.24, 2.45) is 11.8 Å². The first-order valence-electron chi connectivity index (χ1n) is 6.44. The SMILES string of the molecule is O=C(C1CCCO1)N1CC2CNCC(C2)C1. The van der Waals surface area contributed by atoms with E-state index in [2.05, 4.69) is 10.2 Å². The summed E-state index contributed by atoms with van der Waals surface area (Å²) in [6, 6.07) is 0. The van der Waals surface area contributed by atoms with Crippen LogP contribution < -0.4 is 5.32 Å². The van der Waals surface area contributed by atoms with Crippen LogP contribution in [0.2, 0.25) is 0 Å². The van der Waals surface area contributed by atoms with Crippen molar-refractivity contribution >= 4 is 5.91 Å². The van der Waals surface area contributed by atoms with E-state index in [9.17, 15) is 4.79 Å². The Hall–Kier alpha value is -0.610. The molecule has 3 fully saturated rings. The molecular weight excluding hydrogens is 204 g/mol. The third-order valence-corrected chi connectivity index (χ3v) is 4.01. The van der Waals surface area contributed by atoms with Gasteiger partial charge in [0.2, 0.25) is 0 Å². The Kier molecular flexibility index (Phi) is 2.86. The molecule has 0 aromatic rings. The van der Waals surface area contributed by atoms with Crippen LogP contribution in [0.1, 0.15) is 19.3 Å². The first-order chi connectivity index (χ1) is 7.83. The van der Waals surface area contributed by atoms with Crippen LogP contribution in [-0.4, -0.2) is 49.7 Å². The summed E-state index contributed by atoms with van der Waals surface area (Å²) < 4.78 is 5.48. The lowest BCUT2D eigenvalue weighted by molar-refractivity contribution is -0.144. The zero-order valence-corrected chi connectivity index (χ0v) is 9.65. The lowest BCUT2D eigenvalue weighted by atomic mass is 9.85. The van der Waals surface area contributed by atoms with Gasteiger partial charge in [0.1, 0.15) is 6.10 Å². The number of piperidine rings is 2. The van der Waals surface area contributed by atoms with E-state index in [1.165, 1.54) is 6.42 Å². The van der Waals surface area contributed by atoms with E-state index in [4.69, 9.17) is 4.74 Å². The predicted octanol–water partition coefficient (Wildman–Crippen LogP) is 0.233. The maximum atomic E-state index is 12.2. The molecule has 3 saturated heterocycles. The summed E-state index contributed by atoms with van der Waals surface area (Å²) in [6.45, 7) is 4.78. The number of likely N-dealkylation sites (tertiary alicyclic amines) is 1. The minimum absolute atomic E-state index is 0.133. The van der Waals surface area contributed by atoms with E-state index in [0.717, 1.165) is 45.6 Å². The highest BCUT2D eigenvalue weighted by Crippen LogP contribution is 2.26. The van der Waals surface area contributed by atoms with Gasteiger partial charge in [0, 0.05) is 19.7 Å². The van der Waals surface area contributed by atoms with Gasteiger partial charge < -0.3 is 15.0 Å². The Balaban J connectivity index is 1.63. The first kappa shape index (κ1) is 10.5. The number of carbonyl (C=O) groups excluding carboxylic acids is 1. The number of hydrogen-bond donors (Lipinski definition) is 1. The minimum Gasteiger partial charge on any atom is -0.368 e. The summed E-state index contributed by atoms with van der Waals surface area (Å²) in [6.07, 6.45) is 3.12. The molecule has 3 atom stereocenters. The monoisotopic (exact) mass is 224 g/mol. The average molecular weight is 224 g/mol. The van der Waals surface area contributed by atoms with E-state index in [0.29, 0.717) is 11.8 Å². The summed E-state index contributed by atoms with van der Waals surface area (Å²) in [5.74, 6) is 1.57. The molecule has 0 spiro atoms. The van der Waals surface area contributed by atoms with Crippen LogP contribution in [-0.2, 0) is 9.53 Å². The molecule has 0 aliphatic carbocycles. The molecule has 0 saturated carbocycles. The maximum Gasteiger partial charge on any atom is 0.251 e. The van der Waals surface area contributed by atoms with Crippen LogP contribution >= 0.6 is 0 Å². The van der Waals surface area contributed by atoms with Crippen molar-refractivity contribution < 1.29 is 9.53 Å². The van der Waals surface area contributed by atoms with Crippen molar-refractivity contribution in [2.45, 2.75) is 25.4 Å². The molecule has 16 heavy (non-hydrogen) atoms. The number of hydrogen-bond acceptors (Lipinski definition) is 3. The fraction of sp³-hybridized carbons (Fsp3) is 0.917. The second kappa shape index (κ2) is 4.34. The van der Waals surface area contributed by atoms with Crippen molar-refractivity contribution in [2.75, 3.05) is 32.8 Å². The number of amides is 1. The van der Waals surface area contributed by atoms with E-state index in [-0.39, 0.29) is 12.0 Å². The number of carbonyl (C=O) groups is 1. The fourth-order valence-electron chi connectivity index (χ4n) is 3.26. The van der Waals surface area contributed by atoms with Crippen molar-refractivity contribution in [3.63, 3.8) is 0 Å². The zero-order valence-electron chi connectivity index (χ0n) is 9.65. The molecule has 0 aromatic heterocycles. The van der Waals surface area contributed by atoms with Crippen LogP contribution in [0.3, 0.4) is 0 Å². The summed E-state index contributed by atoms with van der Waals surface area (Å²) >= 11 is 0. The highest BCUT2D eigenvalue weighted by molar-refractivity contribution is 5.81. The summed E-state index contributed by atoms with van der Waals surface area (Å²) in [5, 5.41) is 3.45. The zero-order chi connectivity index (χ0) is 11.0. The Labute approximate surface area is 96.3 Å². The van der Waals surface area contributed by atoms with Gasteiger partial charge in [-0.25, -0.2) is 0 Å². The van der Waals surface area contributed by atoms with E-state index in [1.807, 2.05) is 0 Å². The highest BCUT2D eigenvalue weighted by Gasteiger charge is 2.36. The average Bonchev–Trinajstić information content (AvgIpc) is 2.81. The van der Waals surface area contributed by atoms with Crippen molar-refractivity contribution in [3.05, 3.63) is 0 Å². The number of fused-ring (bicyclic) bond motifs is 2. The van der Waals surface area contributed by atoms with E-state index < -0.39 is 0 Å². The molecule has 3 aliphatic rings. The lowest BCUT2D eigenvalue weighted by Gasteiger charge is -2.42. The quantitative estimate of drug-likeness (QED) is 0.693. The van der Waals surface area contributed by atoms with Crippen LogP contribution in [0.15, 0.2) is 0 Å². The molecule has 1 amide bonds. The lowest BCUT2D eigenvalue weighted by Crippen LogP contribution is -2.54. The van der Waals surface area contributed by atoms with Gasteiger partial charge >= 0.3 is 0 Å². The first-order valence-corrected chi connectivity index (χ1v) is 6.44. The Morgan fingerprint density at radius 1 is 1.25 bits per heavy atom. The van der Waals surface area contributed by atoms with Crippen molar-refractivity contribution in [1.82, 2.24) is 10.2 Å². The van der Waals surface area contributed by atoms with E-state index in [1.54, 1.807) is 0 Å². The summed E-state index contributed by atoms with van der Waals surface area (Å²) in [5.41, 5.74) is 0. The van der Waals surface area contributed by atoms with Gasteiger partial charge in [-0.05, 0) is 44.2 Å². The molecular formula is C12H20N2O2. The standard InChI is InChI=1S/C12H20N2O2/c15-12(11-2-1-3-16-11)14-7-9-4-10(8-14)6-13-5-9/h9-11,13H,1-8H2. The smallest absolute Gasteiger partial charge is 0.251 e. The molecule has 3 aliphatic heterocycles. The molecule has 3 unspecified atom stereocenters. The number of ether oxygens (including phenoxy) is 1. The predicted molar refractivity (Wildman–Crippen MR) is 60.0 cm³/mol. The Morgan fingerprint density at radius 2 is 2.00 bits per heavy atom. The van der Waals surface area contributed by atoms with Gasteiger partial charge in [-0.2, -0.15) is 0 Å². The molecule has 3 heterocycles. The molecule has 1 N–H and O–H groups in total. The van der Waals surface area contributed by atoms with Gasteiger partial charge in [0.05, 0.1) is 0 Å². The van der Waals surface area contributed by atoms with Crippen LogP contribution in [0.25, 0.3) is 0 Å². The van der Waals surface area contributed by atoms with Crippen LogP contribution in [0.4, 0.5) is 0 Å². The Bertz CT molecular complexity index is 264. The Morgan fingerprint density at radius 3 is 2.62 bits per heavy atom. The van der Waals surface area contributed by atoms with Gasteiger partial charge in [0.15, 0.2) is 0 Å². The summed E-state index contributed by atoms with van der Waals surface area (Å²) in [4.78, 5) is 14.3. The second-order valence-electron chi connectivity index (χ2n) is 5.37. The third kappa shape index (κ3) is 1.96. The highest BCUT2D eigenvalue weighted by atomic mass is 16.5. The number of rotatable bonds is 1. The maximum absolute atomic E-state index is 12.2. The number of nitrogens with zero attached hydrogens (tertiary/aromatic N) is 1. The second-order valence-corrected chi connectivity index (χ2v) is 5.37. The van der Waals surface area contributed by atoms with Gasteiger partial charge in [-0.1, -0.05) is 0 Å². The molecule has 90 valence electrons. The molecule has 4 nitrogen and oxygen atoms in total. The van der Waals surface area contributed by atoms with Gasteiger partial charge in [-0.15, -0.1) is 0 Å². The normalized spacial score (nSPS) is 38.8. The number of nitrogens with one attached hydrogen (secondary N) is 1. The fourth-order valence-corrected chi connectivity index (χ4v) is 3.26. The van der Waals surface area contributed by atoms with Gasteiger partial charge in [0.25, 0.3) is 5.91 Å². The van der Waals surface area contributed by atoms with E-state index >= 15 is 0 Å². The molecule has 0 aromatic carbocycles. The van der Waals surface area contributed by atoms with Crippen LogP contribution in [0.5, 0.6) is 0 Å². The van der Waals surface area contributed by atoms with Crippen LogP contribution in [0, 0.1) is 11.8 Å². The van der Waals surface area contributed by atoms with Gasteiger partial charge in [-0.3, -0.25) is 4.79 Å². The summed E-state index contributed by atoms with van der Waals surface area (Å²) in [7, 11) is 0. The molecule has 2 bridgehead atoms.